The van der Waals surface area contributed by atoms with Crippen molar-refractivity contribution in [3.05, 3.63) is 59.7 Å². The van der Waals surface area contributed by atoms with Crippen molar-refractivity contribution in [3.8, 4) is 0 Å². The zero-order valence-electron chi connectivity index (χ0n) is 10.2. The smallest absolute Gasteiger partial charge is 0.231 e. The van der Waals surface area contributed by atoms with Crippen LogP contribution in [0.4, 0.5) is 0 Å². The molecule has 0 saturated heterocycles. The maximum absolute atomic E-state index is 3.41. The van der Waals surface area contributed by atoms with Gasteiger partial charge in [0.1, 0.15) is 0 Å². The van der Waals surface area contributed by atoms with Crippen LogP contribution in [0, 0.1) is 6.92 Å². The van der Waals surface area contributed by atoms with Crippen molar-refractivity contribution in [1.29, 1.82) is 0 Å². The molecule has 0 aliphatic heterocycles. The van der Waals surface area contributed by atoms with E-state index in [1.54, 1.807) is 11.8 Å². The van der Waals surface area contributed by atoms with Crippen molar-refractivity contribution in [3.63, 3.8) is 0 Å². The van der Waals surface area contributed by atoms with Crippen molar-refractivity contribution >= 4 is 22.8 Å². The molecule has 2 aromatic carbocycles. The molecule has 3 heteroatoms. The highest BCUT2D eigenvalue weighted by Crippen LogP contribution is 2.20. The monoisotopic (exact) mass is 255 g/mol. The molecule has 1 aromatic heterocycles. The fourth-order valence-electron chi connectivity index (χ4n) is 1.95. The molecule has 0 bridgehead atoms. The summed E-state index contributed by atoms with van der Waals surface area (Å²) in [5.74, 6) is 0.975. The topological polar surface area (TPSA) is 29.9 Å². The maximum Gasteiger partial charge on any atom is 0.314 e. The van der Waals surface area contributed by atoms with Crippen molar-refractivity contribution in [2.75, 3.05) is 0 Å². The predicted octanol–water partition coefficient (Wildman–Crippen LogP) is 3.58. The van der Waals surface area contributed by atoms with Crippen LogP contribution in [0.1, 0.15) is 11.1 Å². The molecular formula is C15H15N2S+. The lowest BCUT2D eigenvalue weighted by atomic mass is 10.2. The molecule has 3 aromatic rings. The Hall–Kier alpha value is -1.74. The number of imidazole rings is 1. The van der Waals surface area contributed by atoms with Gasteiger partial charge in [-0.15, -0.1) is 0 Å². The summed E-state index contributed by atoms with van der Waals surface area (Å²) in [5, 5.41) is 1.11. The van der Waals surface area contributed by atoms with E-state index in [1.807, 2.05) is 6.07 Å². The van der Waals surface area contributed by atoms with Gasteiger partial charge in [-0.1, -0.05) is 36.4 Å². The fourth-order valence-corrected chi connectivity index (χ4v) is 2.82. The number of hydrogen-bond acceptors (Lipinski definition) is 1. The summed E-state index contributed by atoms with van der Waals surface area (Å²) < 4.78 is 0. The van der Waals surface area contributed by atoms with E-state index in [0.717, 1.165) is 16.4 Å². The number of rotatable bonds is 3. The average Bonchev–Trinajstić information content (AvgIpc) is 2.79. The molecule has 0 aliphatic rings. The van der Waals surface area contributed by atoms with Gasteiger partial charge in [-0.25, -0.2) is 9.97 Å². The van der Waals surface area contributed by atoms with Gasteiger partial charge in [0.2, 0.25) is 0 Å². The number of fused-ring (bicyclic) bond motifs is 1. The van der Waals surface area contributed by atoms with Gasteiger partial charge < -0.3 is 0 Å². The van der Waals surface area contributed by atoms with E-state index in [0.29, 0.717) is 0 Å². The van der Waals surface area contributed by atoms with Gasteiger partial charge in [0.05, 0.1) is 0 Å². The highest BCUT2D eigenvalue weighted by molar-refractivity contribution is 7.98. The lowest BCUT2D eigenvalue weighted by Gasteiger charge is -1.94. The van der Waals surface area contributed by atoms with Crippen molar-refractivity contribution in [1.82, 2.24) is 4.98 Å². The second-order valence-electron chi connectivity index (χ2n) is 4.40. The minimum Gasteiger partial charge on any atom is -0.231 e. The average molecular weight is 255 g/mol. The van der Waals surface area contributed by atoms with Crippen LogP contribution >= 0.6 is 11.8 Å². The minimum atomic E-state index is 0.975. The molecule has 2 nitrogen and oxygen atoms in total. The second kappa shape index (κ2) is 4.86. The van der Waals surface area contributed by atoms with E-state index in [4.69, 9.17) is 0 Å². The van der Waals surface area contributed by atoms with Crippen LogP contribution in [0.25, 0.3) is 11.0 Å². The van der Waals surface area contributed by atoms with Crippen molar-refractivity contribution < 1.29 is 4.98 Å². The van der Waals surface area contributed by atoms with Gasteiger partial charge >= 0.3 is 5.16 Å². The fraction of sp³-hybridized carbons (Fsp3) is 0.133. The molecule has 1 heterocycles. The quantitative estimate of drug-likeness (QED) is 0.712. The lowest BCUT2D eigenvalue weighted by molar-refractivity contribution is -0.396. The Labute approximate surface area is 110 Å². The number of hydrogen-bond donors (Lipinski definition) is 1. The van der Waals surface area contributed by atoms with Gasteiger partial charge in [0.15, 0.2) is 11.0 Å². The zero-order valence-corrected chi connectivity index (χ0v) is 11.1. The first kappa shape index (κ1) is 11.4. The van der Waals surface area contributed by atoms with Crippen molar-refractivity contribution in [2.24, 2.45) is 0 Å². The molecule has 0 aliphatic carbocycles. The summed E-state index contributed by atoms with van der Waals surface area (Å²) in [7, 11) is 0. The zero-order chi connectivity index (χ0) is 12.4. The van der Waals surface area contributed by atoms with Gasteiger partial charge in [0.25, 0.3) is 0 Å². The van der Waals surface area contributed by atoms with Crippen LogP contribution in [-0.2, 0) is 5.75 Å². The number of aromatic amines is 2. The van der Waals surface area contributed by atoms with Crippen LogP contribution < -0.4 is 4.98 Å². The molecule has 3 rings (SSSR count). The first-order valence-electron chi connectivity index (χ1n) is 6.00. The maximum atomic E-state index is 3.41. The normalized spacial score (nSPS) is 10.9. The molecule has 90 valence electrons. The molecule has 0 radical (unpaired) electrons. The third-order valence-corrected chi connectivity index (χ3v) is 3.87. The second-order valence-corrected chi connectivity index (χ2v) is 5.39. The Kier molecular flexibility index (Phi) is 3.07. The van der Waals surface area contributed by atoms with E-state index in [2.05, 4.69) is 59.4 Å². The van der Waals surface area contributed by atoms with Crippen LogP contribution in [0.3, 0.4) is 0 Å². The number of thioether (sulfide) groups is 1. The SMILES string of the molecule is Cc1ccc2[nH+]c(SCc3ccccc3)[nH]c2c1. The number of aryl methyl sites for hydroxylation is 1. The first-order valence-corrected chi connectivity index (χ1v) is 6.98. The summed E-state index contributed by atoms with van der Waals surface area (Å²) in [6, 6.07) is 16.9. The molecule has 0 saturated carbocycles. The van der Waals surface area contributed by atoms with Gasteiger partial charge in [-0.05, 0) is 41.9 Å². The number of H-pyrrole nitrogens is 2. The van der Waals surface area contributed by atoms with E-state index in [1.165, 1.54) is 16.6 Å². The summed E-state index contributed by atoms with van der Waals surface area (Å²) in [6.07, 6.45) is 0. The molecular weight excluding hydrogens is 240 g/mol. The van der Waals surface area contributed by atoms with E-state index < -0.39 is 0 Å². The molecule has 0 fully saturated rings. The van der Waals surface area contributed by atoms with E-state index >= 15 is 0 Å². The molecule has 2 N–H and O–H groups in total. The first-order chi connectivity index (χ1) is 8.81. The Bertz CT molecular complexity index is 659. The van der Waals surface area contributed by atoms with Crippen LogP contribution in [-0.4, -0.2) is 4.98 Å². The molecule has 0 amide bonds. The summed E-state index contributed by atoms with van der Waals surface area (Å²) in [4.78, 5) is 6.81. The Morgan fingerprint density at radius 2 is 1.94 bits per heavy atom. The number of aromatic nitrogens is 2. The molecule has 18 heavy (non-hydrogen) atoms. The van der Waals surface area contributed by atoms with Gasteiger partial charge in [0, 0.05) is 5.75 Å². The summed E-state index contributed by atoms with van der Waals surface area (Å²) >= 11 is 1.79. The summed E-state index contributed by atoms with van der Waals surface area (Å²) in [6.45, 7) is 2.11. The molecule has 0 unspecified atom stereocenters. The van der Waals surface area contributed by atoms with Gasteiger partial charge in [-0.2, -0.15) is 0 Å². The highest BCUT2D eigenvalue weighted by atomic mass is 32.2. The number of benzene rings is 2. The van der Waals surface area contributed by atoms with Crippen LogP contribution in [0.15, 0.2) is 53.7 Å². The van der Waals surface area contributed by atoms with Gasteiger partial charge in [-0.3, -0.25) is 0 Å². The predicted molar refractivity (Wildman–Crippen MR) is 75.6 cm³/mol. The Balaban J connectivity index is 1.79. The number of nitrogens with one attached hydrogen (secondary N) is 2. The lowest BCUT2D eigenvalue weighted by Crippen LogP contribution is -2.01. The highest BCUT2D eigenvalue weighted by Gasteiger charge is 2.10. The third kappa shape index (κ3) is 2.41. The summed E-state index contributed by atoms with van der Waals surface area (Å²) in [5.41, 5.74) is 4.95. The Morgan fingerprint density at radius 3 is 2.78 bits per heavy atom. The van der Waals surface area contributed by atoms with Crippen molar-refractivity contribution in [2.45, 2.75) is 17.8 Å². The van der Waals surface area contributed by atoms with E-state index in [9.17, 15) is 0 Å². The Morgan fingerprint density at radius 1 is 1.11 bits per heavy atom. The standard InChI is InChI=1S/C15H14N2S/c1-11-7-8-13-14(9-11)17-15(16-13)18-10-12-5-3-2-4-6-12/h2-9H,10H2,1H3,(H,16,17)/p+1. The van der Waals surface area contributed by atoms with Crippen LogP contribution in [0.2, 0.25) is 0 Å². The third-order valence-electron chi connectivity index (χ3n) is 2.90. The minimum absolute atomic E-state index is 0.975. The molecule has 0 spiro atoms. The van der Waals surface area contributed by atoms with Crippen LogP contribution in [0.5, 0.6) is 0 Å². The largest absolute Gasteiger partial charge is 0.314 e. The molecule has 0 atom stereocenters. The van der Waals surface area contributed by atoms with E-state index in [-0.39, 0.29) is 0 Å².